The number of hydrogen-bond donors (Lipinski definition) is 1. The van der Waals surface area contributed by atoms with Gasteiger partial charge < -0.3 is 10.2 Å². The second kappa shape index (κ2) is 13.6. The molecular weight excluding hydrogens is 499 g/mol. The van der Waals surface area contributed by atoms with E-state index in [4.69, 9.17) is 23.2 Å². The summed E-state index contributed by atoms with van der Waals surface area (Å²) in [6.45, 7) is 4.19. The highest BCUT2D eigenvalue weighted by atomic mass is 35.5. The van der Waals surface area contributed by atoms with Crippen LogP contribution in [0.4, 0.5) is 0 Å². The molecule has 4 nitrogen and oxygen atoms in total. The molecule has 3 aromatic rings. The normalized spacial score (nSPS) is 12.6. The maximum absolute atomic E-state index is 13.6. The van der Waals surface area contributed by atoms with Gasteiger partial charge in [-0.3, -0.25) is 9.59 Å². The first-order chi connectivity index (χ1) is 16.9. The fourth-order valence-corrected chi connectivity index (χ4v) is 4.85. The molecule has 0 aliphatic rings. The molecule has 0 saturated heterocycles. The van der Waals surface area contributed by atoms with Gasteiger partial charge in [-0.05, 0) is 48.7 Å². The summed E-state index contributed by atoms with van der Waals surface area (Å²) < 4.78 is 0. The molecule has 0 aliphatic carbocycles. The highest BCUT2D eigenvalue weighted by Crippen LogP contribution is 2.25. The molecule has 35 heavy (non-hydrogen) atoms. The molecule has 0 unspecified atom stereocenters. The molecule has 0 bridgehead atoms. The number of halogens is 2. The Bertz CT molecular complexity index is 1110. The SMILES string of the molecule is CC[C@@H](C)NC(=O)[C@@H](Cc1ccccc1)N(Cc1ccc(Cl)cc1Cl)C(=O)CSc1ccccc1. The van der Waals surface area contributed by atoms with Crippen molar-refractivity contribution in [1.29, 1.82) is 0 Å². The Labute approximate surface area is 222 Å². The molecule has 3 aromatic carbocycles. The van der Waals surface area contributed by atoms with Gasteiger partial charge in [-0.1, -0.05) is 84.7 Å². The van der Waals surface area contributed by atoms with E-state index in [0.29, 0.717) is 16.5 Å². The first-order valence-corrected chi connectivity index (χ1v) is 13.4. The van der Waals surface area contributed by atoms with Crippen LogP contribution in [0, 0.1) is 0 Å². The van der Waals surface area contributed by atoms with Crippen molar-refractivity contribution in [3.8, 4) is 0 Å². The van der Waals surface area contributed by atoms with Crippen LogP contribution in [0.25, 0.3) is 0 Å². The first-order valence-electron chi connectivity index (χ1n) is 11.6. The van der Waals surface area contributed by atoms with Crippen LogP contribution in [0.3, 0.4) is 0 Å². The molecule has 0 fully saturated rings. The van der Waals surface area contributed by atoms with E-state index in [9.17, 15) is 9.59 Å². The Morgan fingerprint density at radius 2 is 1.63 bits per heavy atom. The smallest absolute Gasteiger partial charge is 0.243 e. The van der Waals surface area contributed by atoms with Crippen molar-refractivity contribution in [3.05, 3.63) is 100 Å². The van der Waals surface area contributed by atoms with Gasteiger partial charge in [-0.25, -0.2) is 0 Å². The molecule has 0 radical (unpaired) electrons. The predicted molar refractivity (Wildman–Crippen MR) is 146 cm³/mol. The molecule has 2 amide bonds. The van der Waals surface area contributed by atoms with Crippen LogP contribution in [-0.4, -0.2) is 34.6 Å². The molecule has 0 aromatic heterocycles. The fraction of sp³-hybridized carbons (Fsp3) is 0.286. The van der Waals surface area contributed by atoms with Gasteiger partial charge in [-0.15, -0.1) is 11.8 Å². The average molecular weight is 530 g/mol. The Kier molecular flexibility index (Phi) is 10.5. The van der Waals surface area contributed by atoms with E-state index in [0.717, 1.165) is 22.4 Å². The number of carbonyl (C=O) groups excluding carboxylic acids is 2. The van der Waals surface area contributed by atoms with Crippen LogP contribution >= 0.6 is 35.0 Å². The highest BCUT2D eigenvalue weighted by molar-refractivity contribution is 8.00. The summed E-state index contributed by atoms with van der Waals surface area (Å²) in [5.41, 5.74) is 1.72. The van der Waals surface area contributed by atoms with E-state index in [1.807, 2.05) is 74.5 Å². The topological polar surface area (TPSA) is 49.4 Å². The predicted octanol–water partition coefficient (Wildman–Crippen LogP) is 6.64. The van der Waals surface area contributed by atoms with Crippen LogP contribution in [0.1, 0.15) is 31.4 Å². The summed E-state index contributed by atoms with van der Waals surface area (Å²) in [4.78, 5) is 29.8. The number of amides is 2. The lowest BCUT2D eigenvalue weighted by molar-refractivity contribution is -0.139. The third kappa shape index (κ3) is 8.31. The fourth-order valence-electron chi connectivity index (χ4n) is 3.57. The van der Waals surface area contributed by atoms with Gasteiger partial charge in [0.25, 0.3) is 0 Å². The van der Waals surface area contributed by atoms with Crippen molar-refractivity contribution < 1.29 is 9.59 Å². The van der Waals surface area contributed by atoms with Gasteiger partial charge in [0.2, 0.25) is 11.8 Å². The second-order valence-electron chi connectivity index (χ2n) is 8.38. The van der Waals surface area contributed by atoms with Gasteiger partial charge in [0, 0.05) is 33.9 Å². The third-order valence-corrected chi connectivity index (χ3v) is 7.32. The number of hydrogen-bond acceptors (Lipinski definition) is 3. The van der Waals surface area contributed by atoms with E-state index >= 15 is 0 Å². The number of benzene rings is 3. The van der Waals surface area contributed by atoms with E-state index in [1.54, 1.807) is 23.1 Å². The number of carbonyl (C=O) groups is 2. The summed E-state index contributed by atoms with van der Waals surface area (Å²) in [7, 11) is 0. The Morgan fingerprint density at radius 1 is 0.971 bits per heavy atom. The van der Waals surface area contributed by atoms with E-state index in [-0.39, 0.29) is 30.2 Å². The van der Waals surface area contributed by atoms with Crippen LogP contribution in [0.5, 0.6) is 0 Å². The Balaban J connectivity index is 1.94. The van der Waals surface area contributed by atoms with Gasteiger partial charge in [0.1, 0.15) is 6.04 Å². The van der Waals surface area contributed by atoms with Crippen molar-refractivity contribution >= 4 is 46.8 Å². The summed E-state index contributed by atoms with van der Waals surface area (Å²) in [5, 5.41) is 4.06. The number of nitrogens with one attached hydrogen (secondary N) is 1. The zero-order valence-corrected chi connectivity index (χ0v) is 22.2. The average Bonchev–Trinajstić information content (AvgIpc) is 2.87. The number of rotatable bonds is 11. The van der Waals surface area contributed by atoms with Crippen molar-refractivity contribution in [2.45, 2.75) is 50.2 Å². The lowest BCUT2D eigenvalue weighted by Gasteiger charge is -2.32. The maximum Gasteiger partial charge on any atom is 0.243 e. The summed E-state index contributed by atoms with van der Waals surface area (Å²) >= 11 is 14.0. The van der Waals surface area contributed by atoms with Crippen LogP contribution in [0.15, 0.2) is 83.8 Å². The van der Waals surface area contributed by atoms with Gasteiger partial charge >= 0.3 is 0 Å². The zero-order chi connectivity index (χ0) is 25.2. The molecule has 3 rings (SSSR count). The molecule has 1 N–H and O–H groups in total. The summed E-state index contributed by atoms with van der Waals surface area (Å²) in [6.07, 6.45) is 1.20. The van der Waals surface area contributed by atoms with Gasteiger partial charge in [-0.2, -0.15) is 0 Å². The maximum atomic E-state index is 13.6. The van der Waals surface area contributed by atoms with Crippen LogP contribution < -0.4 is 5.32 Å². The van der Waals surface area contributed by atoms with Crippen molar-refractivity contribution in [2.75, 3.05) is 5.75 Å². The van der Waals surface area contributed by atoms with Crippen LogP contribution in [-0.2, 0) is 22.6 Å². The molecule has 7 heteroatoms. The molecule has 2 atom stereocenters. The molecular formula is C28H30Cl2N2O2S. The quantitative estimate of drug-likeness (QED) is 0.283. The zero-order valence-electron chi connectivity index (χ0n) is 19.9. The molecule has 0 heterocycles. The van der Waals surface area contributed by atoms with E-state index in [2.05, 4.69) is 5.32 Å². The standard InChI is InChI=1S/C28H30Cl2N2O2S/c1-3-20(2)31-28(34)26(16-21-10-6-4-7-11-21)32(18-22-14-15-23(29)17-25(22)30)27(33)19-35-24-12-8-5-9-13-24/h4-15,17,20,26H,3,16,18-19H2,1-2H3,(H,31,34)/t20-,26-/m1/s1. The van der Waals surface area contributed by atoms with Crippen LogP contribution in [0.2, 0.25) is 10.0 Å². The van der Waals surface area contributed by atoms with Crippen molar-refractivity contribution in [3.63, 3.8) is 0 Å². The van der Waals surface area contributed by atoms with Gasteiger partial charge in [0.15, 0.2) is 0 Å². The minimum Gasteiger partial charge on any atom is -0.352 e. The number of thioether (sulfide) groups is 1. The minimum absolute atomic E-state index is 0.00413. The summed E-state index contributed by atoms with van der Waals surface area (Å²) in [5.74, 6) is -0.103. The Hall–Kier alpha value is -2.47. The number of nitrogens with zero attached hydrogens (tertiary/aromatic N) is 1. The van der Waals surface area contributed by atoms with Crippen molar-refractivity contribution in [2.24, 2.45) is 0 Å². The van der Waals surface area contributed by atoms with Gasteiger partial charge in [0.05, 0.1) is 5.75 Å². The monoisotopic (exact) mass is 528 g/mol. The third-order valence-electron chi connectivity index (χ3n) is 5.73. The van der Waals surface area contributed by atoms with E-state index < -0.39 is 6.04 Å². The lowest BCUT2D eigenvalue weighted by atomic mass is 10.0. The Morgan fingerprint density at radius 3 is 2.26 bits per heavy atom. The molecule has 0 saturated carbocycles. The molecule has 184 valence electrons. The molecule has 0 aliphatic heterocycles. The van der Waals surface area contributed by atoms with E-state index in [1.165, 1.54) is 11.8 Å². The highest BCUT2D eigenvalue weighted by Gasteiger charge is 2.31. The summed E-state index contributed by atoms with van der Waals surface area (Å²) in [6, 6.07) is 24.0. The molecule has 0 spiro atoms. The first kappa shape index (κ1) is 27.1. The second-order valence-corrected chi connectivity index (χ2v) is 10.3. The largest absolute Gasteiger partial charge is 0.352 e. The lowest BCUT2D eigenvalue weighted by Crippen LogP contribution is -2.52. The van der Waals surface area contributed by atoms with Crippen molar-refractivity contribution in [1.82, 2.24) is 10.2 Å². The minimum atomic E-state index is -0.693.